The van der Waals surface area contributed by atoms with Crippen LogP contribution in [0.4, 0.5) is 11.4 Å². The van der Waals surface area contributed by atoms with E-state index in [9.17, 15) is 10.1 Å². The van der Waals surface area contributed by atoms with Crippen LogP contribution < -0.4 is 10.2 Å². The van der Waals surface area contributed by atoms with Crippen molar-refractivity contribution in [1.82, 2.24) is 10.2 Å². The summed E-state index contributed by atoms with van der Waals surface area (Å²) in [5.41, 5.74) is 2.26. The highest BCUT2D eigenvalue weighted by molar-refractivity contribution is 9.10. The van der Waals surface area contributed by atoms with E-state index in [2.05, 4.69) is 43.2 Å². The zero-order valence-corrected chi connectivity index (χ0v) is 17.3. The third-order valence-corrected chi connectivity index (χ3v) is 5.66. The van der Waals surface area contributed by atoms with E-state index in [1.807, 2.05) is 18.2 Å². The molecule has 6 nitrogen and oxygen atoms in total. The third-order valence-electron chi connectivity index (χ3n) is 4.72. The summed E-state index contributed by atoms with van der Waals surface area (Å²) < 4.78 is 0.511. The number of anilines is 1. The molecule has 144 valence electrons. The minimum atomic E-state index is -0.366. The summed E-state index contributed by atoms with van der Waals surface area (Å²) in [6.45, 7) is 6.53. The number of hydrogen-bond acceptors (Lipinski definition) is 5. The van der Waals surface area contributed by atoms with Gasteiger partial charge in [0.25, 0.3) is 5.69 Å². The zero-order chi connectivity index (χ0) is 19.2. The van der Waals surface area contributed by atoms with Gasteiger partial charge in [-0.25, -0.2) is 0 Å². The van der Waals surface area contributed by atoms with Crippen LogP contribution in [-0.2, 0) is 6.54 Å². The first-order valence-electron chi connectivity index (χ1n) is 8.91. The van der Waals surface area contributed by atoms with Crippen LogP contribution in [-0.4, -0.2) is 49.1 Å². The van der Waals surface area contributed by atoms with Crippen molar-refractivity contribution < 1.29 is 16.5 Å². The maximum absolute atomic E-state index is 11.0. The maximum Gasteiger partial charge on any atom is 0.283 e. The second kappa shape index (κ2) is 9.50. The molecule has 2 aromatic carbocycles. The Kier molecular flexibility index (Phi) is 7.07. The van der Waals surface area contributed by atoms with E-state index in [0.717, 1.165) is 49.9 Å². The van der Waals surface area contributed by atoms with Crippen LogP contribution in [0.25, 0.3) is 0 Å². The molecule has 1 aliphatic heterocycles. The molecular weight excluding hydrogens is 432 g/mol. The van der Waals surface area contributed by atoms with Crippen molar-refractivity contribution in [3.05, 3.63) is 67.6 Å². The van der Waals surface area contributed by atoms with Gasteiger partial charge in [-0.15, -0.1) is 0 Å². The molecule has 0 bridgehead atoms. The fourth-order valence-corrected chi connectivity index (χ4v) is 3.69. The fraction of sp³-hybridized carbons (Fsp3) is 0.368. The first kappa shape index (κ1) is 20.1. The fourth-order valence-electron chi connectivity index (χ4n) is 3.16. The number of halogens is 2. The second-order valence-corrected chi connectivity index (χ2v) is 7.87. The van der Waals surface area contributed by atoms with E-state index in [0.29, 0.717) is 11.0 Å². The number of piperazine rings is 1. The lowest BCUT2D eigenvalue weighted by Crippen LogP contribution is -2.48. The van der Waals surface area contributed by atoms with Gasteiger partial charge in [0.05, 0.1) is 9.40 Å². The number of nitrogens with one attached hydrogen (secondary N) is 1. The van der Waals surface area contributed by atoms with Crippen molar-refractivity contribution in [3.8, 4) is 0 Å². The lowest BCUT2D eigenvalue weighted by molar-refractivity contribution is -0.385. The molecule has 1 saturated heterocycles. The Morgan fingerprint density at radius 3 is 2.48 bits per heavy atom. The van der Waals surface area contributed by atoms with E-state index in [-0.39, 0.29) is 10.6 Å². The molecular formula is C19H23BrClN4O2+. The van der Waals surface area contributed by atoms with Crippen LogP contribution in [0.1, 0.15) is 5.56 Å². The van der Waals surface area contributed by atoms with Gasteiger partial charge in [0.15, 0.2) is 11.6 Å². The highest BCUT2D eigenvalue weighted by Crippen LogP contribution is 2.25. The van der Waals surface area contributed by atoms with Gasteiger partial charge in [0.2, 0.25) is 5.02 Å². The molecule has 3 rings (SSSR count). The standard InChI is InChI=1S/C19H23BrClN4O2/c20-18-6-1-15(13-19(18)25(26)27)14-22-7-8-23-9-11-24(12-10-23)17-4-2-16(21)3-5-17/h1-6,13,21-22H,7-12,14H2/q+1. The minimum Gasteiger partial charge on any atom is -0.369 e. The van der Waals surface area contributed by atoms with E-state index < -0.39 is 0 Å². The summed E-state index contributed by atoms with van der Waals surface area (Å²) in [6.07, 6.45) is 0. The molecule has 0 aliphatic carbocycles. The first-order chi connectivity index (χ1) is 13.0. The predicted molar refractivity (Wildman–Crippen MR) is 108 cm³/mol. The van der Waals surface area contributed by atoms with Crippen molar-refractivity contribution in [1.29, 1.82) is 0 Å². The van der Waals surface area contributed by atoms with E-state index >= 15 is 0 Å². The van der Waals surface area contributed by atoms with E-state index in [4.69, 9.17) is 11.6 Å². The van der Waals surface area contributed by atoms with Crippen molar-refractivity contribution >= 4 is 27.3 Å². The van der Waals surface area contributed by atoms with Crippen LogP contribution in [0, 0.1) is 21.7 Å². The number of hydrogen-bond donors (Lipinski definition) is 1. The molecule has 1 heterocycles. The van der Waals surface area contributed by atoms with Crippen molar-refractivity contribution in [2.24, 2.45) is 0 Å². The van der Waals surface area contributed by atoms with Gasteiger partial charge in [-0.05, 0) is 39.7 Å². The summed E-state index contributed by atoms with van der Waals surface area (Å²) in [5.74, 6) is 0. The molecule has 0 amide bonds. The molecule has 8 heteroatoms. The Balaban J connectivity index is 1.39. The molecule has 0 saturated carbocycles. The Hall–Kier alpha value is -1.67. The Labute approximate surface area is 172 Å². The summed E-state index contributed by atoms with van der Waals surface area (Å²) in [5, 5.41) is 15.2. The summed E-state index contributed by atoms with van der Waals surface area (Å²) in [7, 11) is 0. The first-order valence-corrected chi connectivity index (χ1v) is 10.1. The topological polar surface area (TPSA) is 61.7 Å². The van der Waals surface area contributed by atoms with E-state index in [1.54, 1.807) is 12.1 Å². The van der Waals surface area contributed by atoms with Gasteiger partial charge in [-0.1, -0.05) is 6.07 Å². The maximum atomic E-state index is 11.0. The molecule has 0 spiro atoms. The highest BCUT2D eigenvalue weighted by Gasteiger charge is 2.17. The van der Waals surface area contributed by atoms with Crippen molar-refractivity contribution in [2.45, 2.75) is 6.54 Å². The Morgan fingerprint density at radius 1 is 1.11 bits per heavy atom. The molecule has 0 unspecified atom stereocenters. The monoisotopic (exact) mass is 453 g/mol. The molecule has 1 fully saturated rings. The number of rotatable bonds is 7. The molecule has 1 N–H and O–H groups in total. The predicted octanol–water partition coefficient (Wildman–Crippen LogP) is 2.97. The molecule has 0 radical (unpaired) electrons. The minimum absolute atomic E-state index is 0.106. The number of nitrogens with zero attached hydrogens (tertiary/aromatic N) is 3. The van der Waals surface area contributed by atoms with Gasteiger partial charge in [-0.3, -0.25) is 15.0 Å². The smallest absolute Gasteiger partial charge is 0.283 e. The van der Waals surface area contributed by atoms with Crippen LogP contribution in [0.3, 0.4) is 0 Å². The van der Waals surface area contributed by atoms with Crippen LogP contribution in [0.15, 0.2) is 46.9 Å². The number of benzene rings is 2. The van der Waals surface area contributed by atoms with Crippen LogP contribution >= 0.6 is 15.9 Å². The summed E-state index contributed by atoms with van der Waals surface area (Å²) in [6, 6.07) is 13.4. The Bertz CT molecular complexity index is 780. The van der Waals surface area contributed by atoms with Gasteiger partial charge < -0.3 is 10.2 Å². The van der Waals surface area contributed by atoms with Crippen LogP contribution in [0.5, 0.6) is 0 Å². The van der Waals surface area contributed by atoms with Crippen molar-refractivity contribution in [2.75, 3.05) is 44.2 Å². The van der Waals surface area contributed by atoms with Gasteiger partial charge in [-0.2, -0.15) is 0 Å². The molecule has 0 atom stereocenters. The molecule has 27 heavy (non-hydrogen) atoms. The quantitative estimate of drug-likeness (QED) is 0.396. The summed E-state index contributed by atoms with van der Waals surface area (Å²) in [4.78, 5) is 15.5. The van der Waals surface area contributed by atoms with E-state index in [1.165, 1.54) is 5.69 Å². The Morgan fingerprint density at radius 2 is 1.81 bits per heavy atom. The average molecular weight is 455 g/mol. The van der Waals surface area contributed by atoms with Gasteiger partial charge >= 0.3 is 0 Å². The van der Waals surface area contributed by atoms with Gasteiger partial charge in [0, 0.05) is 69.7 Å². The number of nitro benzene ring substituents is 1. The second-order valence-electron chi connectivity index (χ2n) is 6.54. The summed E-state index contributed by atoms with van der Waals surface area (Å²) >= 11 is 8.36. The normalized spacial score (nSPS) is 15.1. The SMILES string of the molecule is O=[N+]([O-])c1cc(CNCCN2CCN(c3ccc([ClH+])cc3)CC2)ccc1Br. The van der Waals surface area contributed by atoms with Gasteiger partial charge in [0.1, 0.15) is 0 Å². The van der Waals surface area contributed by atoms with Crippen molar-refractivity contribution in [3.63, 3.8) is 0 Å². The average Bonchev–Trinajstić information content (AvgIpc) is 2.67. The largest absolute Gasteiger partial charge is 0.369 e. The van der Waals surface area contributed by atoms with Crippen LogP contribution in [0.2, 0.25) is 5.02 Å². The molecule has 0 aromatic heterocycles. The number of nitro groups is 1. The highest BCUT2D eigenvalue weighted by atomic mass is 79.9. The zero-order valence-electron chi connectivity index (χ0n) is 14.9. The lowest BCUT2D eigenvalue weighted by Gasteiger charge is -2.36. The molecule has 1 aliphatic rings. The lowest BCUT2D eigenvalue weighted by atomic mass is 10.2. The third kappa shape index (κ3) is 5.65. The molecule has 2 aromatic rings.